The molecule has 4 nitrogen and oxygen atoms in total. The van der Waals surface area contributed by atoms with E-state index in [2.05, 4.69) is 15.9 Å². The van der Waals surface area contributed by atoms with E-state index in [0.717, 1.165) is 10.0 Å². The lowest BCUT2D eigenvalue weighted by molar-refractivity contribution is -0.137. The average Bonchev–Trinajstić information content (AvgIpc) is 2.46. The SMILES string of the molecule is Cc1c(Br)ccc2c(=O)c3ccccc3n(CC(=O)O)c12. The van der Waals surface area contributed by atoms with E-state index in [1.54, 1.807) is 34.9 Å². The van der Waals surface area contributed by atoms with Gasteiger partial charge in [0, 0.05) is 15.2 Å². The van der Waals surface area contributed by atoms with Crippen LogP contribution < -0.4 is 5.43 Å². The van der Waals surface area contributed by atoms with Gasteiger partial charge >= 0.3 is 5.97 Å². The van der Waals surface area contributed by atoms with Gasteiger partial charge in [0.1, 0.15) is 6.54 Å². The lowest BCUT2D eigenvalue weighted by atomic mass is 10.1. The second kappa shape index (κ2) is 5.00. The fraction of sp³-hybridized carbons (Fsp3) is 0.125. The van der Waals surface area contributed by atoms with E-state index >= 15 is 0 Å². The number of nitrogens with zero attached hydrogens (tertiary/aromatic N) is 1. The zero-order valence-electron chi connectivity index (χ0n) is 11.3. The molecule has 0 unspecified atom stereocenters. The second-order valence-electron chi connectivity index (χ2n) is 4.89. The molecule has 3 rings (SSSR count). The Morgan fingerprint density at radius 2 is 1.90 bits per heavy atom. The Bertz CT molecular complexity index is 944. The van der Waals surface area contributed by atoms with Gasteiger partial charge in [-0.05, 0) is 36.8 Å². The Hall–Kier alpha value is -2.14. The van der Waals surface area contributed by atoms with Crippen LogP contribution in [0.5, 0.6) is 0 Å². The maximum Gasteiger partial charge on any atom is 0.323 e. The predicted molar refractivity (Wildman–Crippen MR) is 85.8 cm³/mol. The molecule has 106 valence electrons. The normalized spacial score (nSPS) is 11.1. The summed E-state index contributed by atoms with van der Waals surface area (Å²) in [7, 11) is 0. The number of carbonyl (C=O) groups is 1. The van der Waals surface area contributed by atoms with Crippen molar-refractivity contribution >= 4 is 43.7 Å². The summed E-state index contributed by atoms with van der Waals surface area (Å²) in [5.41, 5.74) is 2.09. The molecule has 1 heterocycles. The van der Waals surface area contributed by atoms with Gasteiger partial charge < -0.3 is 9.67 Å². The van der Waals surface area contributed by atoms with Gasteiger partial charge in [0.25, 0.3) is 0 Å². The third kappa shape index (κ3) is 2.14. The van der Waals surface area contributed by atoms with Gasteiger partial charge in [-0.2, -0.15) is 0 Å². The highest BCUT2D eigenvalue weighted by atomic mass is 79.9. The van der Waals surface area contributed by atoms with Crippen LogP contribution in [0.4, 0.5) is 0 Å². The molecule has 0 amide bonds. The van der Waals surface area contributed by atoms with Gasteiger partial charge in [0.2, 0.25) is 0 Å². The molecule has 0 aliphatic heterocycles. The van der Waals surface area contributed by atoms with Crippen LogP contribution >= 0.6 is 15.9 Å². The van der Waals surface area contributed by atoms with Gasteiger partial charge in [-0.3, -0.25) is 9.59 Å². The third-order valence-corrected chi connectivity index (χ3v) is 4.47. The van der Waals surface area contributed by atoms with Crippen molar-refractivity contribution in [1.82, 2.24) is 4.57 Å². The van der Waals surface area contributed by atoms with Crippen molar-refractivity contribution in [1.29, 1.82) is 0 Å². The molecule has 0 aliphatic rings. The molecule has 0 radical (unpaired) electrons. The Labute approximate surface area is 128 Å². The zero-order chi connectivity index (χ0) is 15.1. The Morgan fingerprint density at radius 1 is 1.19 bits per heavy atom. The first-order valence-corrected chi connectivity index (χ1v) is 7.22. The fourth-order valence-corrected chi connectivity index (χ4v) is 2.99. The molecule has 3 aromatic rings. The number of aromatic nitrogens is 1. The standard InChI is InChI=1S/C16H12BrNO3/c1-9-12(17)7-6-11-15(9)18(8-14(19)20)13-5-3-2-4-10(13)16(11)21/h2-7H,8H2,1H3,(H,19,20). The fourth-order valence-electron chi connectivity index (χ4n) is 2.67. The molecular formula is C16H12BrNO3. The number of carboxylic acids is 1. The van der Waals surface area contributed by atoms with Crippen molar-refractivity contribution in [3.63, 3.8) is 0 Å². The number of aryl methyl sites for hydroxylation is 1. The number of hydrogen-bond acceptors (Lipinski definition) is 2. The molecule has 0 bridgehead atoms. The van der Waals surface area contributed by atoms with E-state index in [1.807, 2.05) is 13.0 Å². The first-order valence-electron chi connectivity index (χ1n) is 6.43. The number of carboxylic acid groups (broad SMARTS) is 1. The van der Waals surface area contributed by atoms with Crippen molar-refractivity contribution in [3.8, 4) is 0 Å². The van der Waals surface area contributed by atoms with Gasteiger partial charge in [-0.15, -0.1) is 0 Å². The minimum atomic E-state index is -0.940. The van der Waals surface area contributed by atoms with Crippen LogP contribution in [0.2, 0.25) is 0 Å². The highest BCUT2D eigenvalue weighted by molar-refractivity contribution is 9.10. The van der Waals surface area contributed by atoms with Crippen molar-refractivity contribution < 1.29 is 9.90 Å². The van der Waals surface area contributed by atoms with Crippen LogP contribution in [0.15, 0.2) is 45.7 Å². The molecule has 0 saturated heterocycles. The van der Waals surface area contributed by atoms with E-state index in [-0.39, 0.29) is 12.0 Å². The van der Waals surface area contributed by atoms with Gasteiger partial charge in [-0.1, -0.05) is 28.1 Å². The van der Waals surface area contributed by atoms with Crippen LogP contribution in [0, 0.1) is 6.92 Å². The first-order chi connectivity index (χ1) is 10.0. The number of fused-ring (bicyclic) bond motifs is 2. The van der Waals surface area contributed by atoms with E-state index in [1.165, 1.54) is 0 Å². The molecule has 0 fully saturated rings. The summed E-state index contributed by atoms with van der Waals surface area (Å²) in [5.74, 6) is -0.940. The largest absolute Gasteiger partial charge is 0.480 e. The van der Waals surface area contributed by atoms with E-state index in [4.69, 9.17) is 0 Å². The topological polar surface area (TPSA) is 59.3 Å². The first kappa shape index (κ1) is 13.8. The Kier molecular flexibility index (Phi) is 3.29. The summed E-state index contributed by atoms with van der Waals surface area (Å²) < 4.78 is 2.54. The van der Waals surface area contributed by atoms with Crippen LogP contribution in [0.3, 0.4) is 0 Å². The molecule has 5 heteroatoms. The molecule has 0 atom stereocenters. The van der Waals surface area contributed by atoms with Gasteiger partial charge in [-0.25, -0.2) is 0 Å². The highest BCUT2D eigenvalue weighted by Crippen LogP contribution is 2.27. The molecular weight excluding hydrogens is 334 g/mol. The number of rotatable bonds is 2. The van der Waals surface area contributed by atoms with Crippen LogP contribution in [0.25, 0.3) is 21.8 Å². The van der Waals surface area contributed by atoms with Gasteiger partial charge in [0.05, 0.1) is 11.0 Å². The Balaban J connectivity index is 2.63. The number of para-hydroxylation sites is 1. The summed E-state index contributed by atoms with van der Waals surface area (Å²) in [6.45, 7) is 1.69. The number of pyridine rings is 1. The average molecular weight is 346 g/mol. The maximum atomic E-state index is 12.6. The van der Waals surface area contributed by atoms with Crippen molar-refractivity contribution in [2.24, 2.45) is 0 Å². The highest BCUT2D eigenvalue weighted by Gasteiger charge is 2.15. The molecule has 1 aromatic heterocycles. The second-order valence-corrected chi connectivity index (χ2v) is 5.75. The van der Waals surface area contributed by atoms with Crippen LogP contribution in [-0.4, -0.2) is 15.6 Å². The van der Waals surface area contributed by atoms with Crippen molar-refractivity contribution in [2.45, 2.75) is 13.5 Å². The molecule has 21 heavy (non-hydrogen) atoms. The quantitative estimate of drug-likeness (QED) is 0.725. The minimum Gasteiger partial charge on any atom is -0.480 e. The number of hydrogen-bond donors (Lipinski definition) is 1. The maximum absolute atomic E-state index is 12.6. The van der Waals surface area contributed by atoms with E-state index in [0.29, 0.717) is 21.8 Å². The lowest BCUT2D eigenvalue weighted by Gasteiger charge is -2.15. The molecule has 0 aliphatic carbocycles. The summed E-state index contributed by atoms with van der Waals surface area (Å²) in [5, 5.41) is 10.3. The monoisotopic (exact) mass is 345 g/mol. The zero-order valence-corrected chi connectivity index (χ0v) is 12.8. The van der Waals surface area contributed by atoms with Crippen molar-refractivity contribution in [2.75, 3.05) is 0 Å². The molecule has 2 aromatic carbocycles. The number of halogens is 1. The van der Waals surface area contributed by atoms with E-state index < -0.39 is 5.97 Å². The molecule has 1 N–H and O–H groups in total. The van der Waals surface area contributed by atoms with Gasteiger partial charge in [0.15, 0.2) is 5.43 Å². The number of benzene rings is 2. The van der Waals surface area contributed by atoms with Crippen LogP contribution in [-0.2, 0) is 11.3 Å². The summed E-state index contributed by atoms with van der Waals surface area (Å²) in [6.07, 6.45) is 0. The smallest absolute Gasteiger partial charge is 0.323 e. The lowest BCUT2D eigenvalue weighted by Crippen LogP contribution is -2.16. The summed E-state index contributed by atoms with van der Waals surface area (Å²) >= 11 is 3.44. The predicted octanol–water partition coefficient (Wildman–Crippen LogP) is 3.31. The summed E-state index contributed by atoms with van der Waals surface area (Å²) in [6, 6.07) is 10.6. The molecule has 0 saturated carbocycles. The minimum absolute atomic E-state index is 0.0714. The van der Waals surface area contributed by atoms with Crippen LogP contribution in [0.1, 0.15) is 5.56 Å². The Morgan fingerprint density at radius 3 is 2.62 bits per heavy atom. The summed E-state index contributed by atoms with van der Waals surface area (Å²) in [4.78, 5) is 23.8. The van der Waals surface area contributed by atoms with E-state index in [9.17, 15) is 14.7 Å². The number of aliphatic carboxylic acids is 1. The van der Waals surface area contributed by atoms with Crippen molar-refractivity contribution in [3.05, 3.63) is 56.7 Å². The molecule has 0 spiro atoms. The third-order valence-electron chi connectivity index (χ3n) is 3.61.